The number of hydrogen-bond acceptors (Lipinski definition) is 5. The van der Waals surface area contributed by atoms with E-state index < -0.39 is 0 Å². The molecule has 2 aromatic rings. The Morgan fingerprint density at radius 3 is 2.88 bits per heavy atom. The van der Waals surface area contributed by atoms with Crippen molar-refractivity contribution >= 4 is 17.3 Å². The van der Waals surface area contributed by atoms with Gasteiger partial charge in [-0.3, -0.25) is 9.78 Å². The normalized spacial score (nSPS) is 15.1. The van der Waals surface area contributed by atoms with Crippen molar-refractivity contribution in [2.75, 3.05) is 30.4 Å². The van der Waals surface area contributed by atoms with Crippen molar-refractivity contribution in [1.82, 2.24) is 4.98 Å². The maximum atomic E-state index is 12.4. The Labute approximate surface area is 154 Å². The molecule has 1 N–H and O–H groups in total. The Hall–Kier alpha value is -2.76. The fourth-order valence-electron chi connectivity index (χ4n) is 3.02. The van der Waals surface area contributed by atoms with Crippen LogP contribution >= 0.6 is 0 Å². The predicted molar refractivity (Wildman–Crippen MR) is 102 cm³/mol. The minimum absolute atomic E-state index is 0.0575. The van der Waals surface area contributed by atoms with Crippen molar-refractivity contribution in [3.8, 4) is 11.5 Å². The van der Waals surface area contributed by atoms with Crippen LogP contribution in [0.1, 0.15) is 25.8 Å². The third-order valence-electron chi connectivity index (χ3n) is 4.35. The maximum Gasteiger partial charge on any atom is 0.226 e. The number of pyridine rings is 1. The van der Waals surface area contributed by atoms with E-state index in [4.69, 9.17) is 9.47 Å². The molecule has 0 radical (unpaired) electrons. The summed E-state index contributed by atoms with van der Waals surface area (Å²) in [6, 6.07) is 7.68. The highest BCUT2D eigenvalue weighted by molar-refractivity contribution is 5.93. The molecule has 1 aliphatic rings. The Balaban J connectivity index is 1.64. The van der Waals surface area contributed by atoms with Gasteiger partial charge in [-0.15, -0.1) is 0 Å². The van der Waals surface area contributed by atoms with Crippen molar-refractivity contribution in [2.45, 2.75) is 32.8 Å². The molecular formula is C20H25N3O3. The molecule has 3 rings (SSSR count). The SMILES string of the molecule is CCOc1cc2c(cc1NC(=O)CCN(C)c1ccncc1)O[C@@H](C)C2. The van der Waals surface area contributed by atoms with Crippen LogP contribution in [0.2, 0.25) is 0 Å². The molecule has 2 heterocycles. The summed E-state index contributed by atoms with van der Waals surface area (Å²) in [7, 11) is 1.96. The van der Waals surface area contributed by atoms with Gasteiger partial charge in [0, 0.05) is 56.1 Å². The number of hydrogen-bond donors (Lipinski definition) is 1. The molecular weight excluding hydrogens is 330 g/mol. The first-order valence-electron chi connectivity index (χ1n) is 8.94. The number of carbonyl (C=O) groups is 1. The Morgan fingerprint density at radius 1 is 1.38 bits per heavy atom. The van der Waals surface area contributed by atoms with Crippen LogP contribution in [-0.4, -0.2) is 37.2 Å². The summed E-state index contributed by atoms with van der Waals surface area (Å²) < 4.78 is 11.5. The fourth-order valence-corrected chi connectivity index (χ4v) is 3.02. The van der Waals surface area contributed by atoms with Crippen LogP contribution in [0.3, 0.4) is 0 Å². The van der Waals surface area contributed by atoms with Crippen molar-refractivity contribution < 1.29 is 14.3 Å². The van der Waals surface area contributed by atoms with Crippen molar-refractivity contribution in [1.29, 1.82) is 0 Å². The number of aromatic nitrogens is 1. The van der Waals surface area contributed by atoms with Gasteiger partial charge in [0.05, 0.1) is 12.3 Å². The van der Waals surface area contributed by atoms with Crippen LogP contribution in [0.5, 0.6) is 11.5 Å². The first-order valence-corrected chi connectivity index (χ1v) is 8.94. The van der Waals surface area contributed by atoms with Crippen molar-refractivity contribution in [3.63, 3.8) is 0 Å². The highest BCUT2D eigenvalue weighted by Gasteiger charge is 2.22. The van der Waals surface area contributed by atoms with Gasteiger partial charge in [0.2, 0.25) is 5.91 Å². The molecule has 1 aromatic heterocycles. The number of nitrogens with one attached hydrogen (secondary N) is 1. The van der Waals surface area contributed by atoms with Gasteiger partial charge in [0.25, 0.3) is 0 Å². The topological polar surface area (TPSA) is 63.7 Å². The molecule has 6 heteroatoms. The molecule has 0 spiro atoms. The van der Waals surface area contributed by atoms with Gasteiger partial charge in [-0.2, -0.15) is 0 Å². The molecule has 1 aromatic carbocycles. The summed E-state index contributed by atoms with van der Waals surface area (Å²) in [5.41, 5.74) is 2.82. The quantitative estimate of drug-likeness (QED) is 0.826. The van der Waals surface area contributed by atoms with E-state index in [-0.39, 0.29) is 12.0 Å². The molecule has 0 bridgehead atoms. The van der Waals surface area contributed by atoms with Gasteiger partial charge in [0.15, 0.2) is 0 Å². The van der Waals surface area contributed by atoms with Crippen molar-refractivity contribution in [3.05, 3.63) is 42.2 Å². The van der Waals surface area contributed by atoms with Crippen LogP contribution in [-0.2, 0) is 11.2 Å². The molecule has 0 aliphatic carbocycles. The van der Waals surface area contributed by atoms with E-state index in [1.54, 1.807) is 12.4 Å². The minimum atomic E-state index is -0.0575. The predicted octanol–water partition coefficient (Wildman–Crippen LogP) is 3.27. The van der Waals surface area contributed by atoms with Crippen LogP contribution in [0, 0.1) is 0 Å². The Kier molecular flexibility index (Phi) is 5.61. The largest absolute Gasteiger partial charge is 0.492 e. The van der Waals surface area contributed by atoms with E-state index in [1.165, 1.54) is 0 Å². The number of anilines is 2. The summed E-state index contributed by atoms with van der Waals surface area (Å²) in [6.07, 6.45) is 4.87. The van der Waals surface area contributed by atoms with Gasteiger partial charge in [0.1, 0.15) is 17.6 Å². The van der Waals surface area contributed by atoms with Crippen LogP contribution in [0.25, 0.3) is 0 Å². The first-order chi connectivity index (χ1) is 12.6. The molecule has 0 unspecified atom stereocenters. The zero-order valence-corrected chi connectivity index (χ0v) is 15.5. The van der Waals surface area contributed by atoms with Crippen molar-refractivity contribution in [2.24, 2.45) is 0 Å². The van der Waals surface area contributed by atoms with E-state index in [9.17, 15) is 4.79 Å². The third-order valence-corrected chi connectivity index (χ3v) is 4.35. The number of fused-ring (bicyclic) bond motifs is 1. The second-order valence-electron chi connectivity index (χ2n) is 6.45. The average molecular weight is 355 g/mol. The van der Waals surface area contributed by atoms with Gasteiger partial charge < -0.3 is 19.7 Å². The zero-order valence-electron chi connectivity index (χ0n) is 15.5. The zero-order chi connectivity index (χ0) is 18.5. The molecule has 138 valence electrons. The number of carbonyl (C=O) groups excluding carboxylic acids is 1. The molecule has 1 atom stereocenters. The van der Waals surface area contributed by atoms with Gasteiger partial charge in [-0.05, 0) is 32.0 Å². The number of amides is 1. The second-order valence-corrected chi connectivity index (χ2v) is 6.45. The fraction of sp³-hybridized carbons (Fsp3) is 0.400. The number of rotatable bonds is 7. The maximum absolute atomic E-state index is 12.4. The lowest BCUT2D eigenvalue weighted by Crippen LogP contribution is -2.24. The Bertz CT molecular complexity index is 764. The van der Waals surface area contributed by atoms with Crippen LogP contribution < -0.4 is 19.7 Å². The van der Waals surface area contributed by atoms with E-state index in [2.05, 4.69) is 10.3 Å². The summed E-state index contributed by atoms with van der Waals surface area (Å²) in [6.45, 7) is 5.12. The van der Waals surface area contributed by atoms with Gasteiger partial charge in [-0.25, -0.2) is 0 Å². The summed E-state index contributed by atoms with van der Waals surface area (Å²) >= 11 is 0. The van der Waals surface area contributed by atoms with Gasteiger partial charge >= 0.3 is 0 Å². The lowest BCUT2D eigenvalue weighted by atomic mass is 10.1. The van der Waals surface area contributed by atoms with E-state index in [1.807, 2.05) is 50.1 Å². The molecule has 1 aliphatic heterocycles. The highest BCUT2D eigenvalue weighted by Crippen LogP contribution is 2.38. The Morgan fingerprint density at radius 2 is 2.15 bits per heavy atom. The van der Waals surface area contributed by atoms with Gasteiger partial charge in [-0.1, -0.05) is 0 Å². The monoisotopic (exact) mass is 355 g/mol. The highest BCUT2D eigenvalue weighted by atomic mass is 16.5. The first kappa shape index (κ1) is 18.0. The van der Waals surface area contributed by atoms with E-state index in [0.717, 1.165) is 23.4 Å². The lowest BCUT2D eigenvalue weighted by molar-refractivity contribution is -0.116. The molecule has 6 nitrogen and oxygen atoms in total. The third kappa shape index (κ3) is 4.25. The molecule has 0 fully saturated rings. The standard InChI is InChI=1S/C20H25N3O3/c1-4-25-19-12-15-11-14(2)26-18(15)13-17(19)22-20(24)7-10-23(3)16-5-8-21-9-6-16/h5-6,8-9,12-14H,4,7,10-11H2,1-3H3,(H,22,24)/t14-/m0/s1. The number of benzene rings is 1. The summed E-state index contributed by atoms with van der Waals surface area (Å²) in [4.78, 5) is 18.5. The summed E-state index contributed by atoms with van der Waals surface area (Å²) in [5, 5.41) is 2.96. The van der Waals surface area contributed by atoms with E-state index >= 15 is 0 Å². The average Bonchev–Trinajstić information content (AvgIpc) is 2.99. The number of nitrogens with zero attached hydrogens (tertiary/aromatic N) is 2. The second kappa shape index (κ2) is 8.08. The molecule has 0 saturated carbocycles. The van der Waals surface area contributed by atoms with Crippen LogP contribution in [0.15, 0.2) is 36.7 Å². The smallest absolute Gasteiger partial charge is 0.226 e. The molecule has 26 heavy (non-hydrogen) atoms. The number of ether oxygens (including phenoxy) is 2. The molecule has 0 saturated heterocycles. The van der Waals surface area contributed by atoms with E-state index in [0.29, 0.717) is 31.0 Å². The molecule has 1 amide bonds. The minimum Gasteiger partial charge on any atom is -0.492 e. The summed E-state index contributed by atoms with van der Waals surface area (Å²) in [5.74, 6) is 1.46. The van der Waals surface area contributed by atoms with Crippen LogP contribution in [0.4, 0.5) is 11.4 Å². The lowest BCUT2D eigenvalue weighted by Gasteiger charge is -2.19.